The number of rotatable bonds is 11. The van der Waals surface area contributed by atoms with Crippen LogP contribution in [0.15, 0.2) is 71.3 Å². The summed E-state index contributed by atoms with van der Waals surface area (Å²) in [6, 6.07) is 12.8. The highest BCUT2D eigenvalue weighted by Gasteiger charge is 2.30. The van der Waals surface area contributed by atoms with Crippen LogP contribution in [0.5, 0.6) is 5.75 Å². The highest BCUT2D eigenvalue weighted by Crippen LogP contribution is 2.34. The van der Waals surface area contributed by atoms with E-state index in [1.165, 1.54) is 0 Å². The third kappa shape index (κ3) is 6.79. The monoisotopic (exact) mass is 586 g/mol. The lowest BCUT2D eigenvalue weighted by Crippen LogP contribution is -2.27. The van der Waals surface area contributed by atoms with Crippen molar-refractivity contribution in [3.63, 3.8) is 0 Å². The Morgan fingerprint density at radius 3 is 2.57 bits per heavy atom. The number of hydrogen-bond donors (Lipinski definition) is 2. The molecule has 2 heterocycles. The number of nitrogens with one attached hydrogen (secondary N) is 2. The van der Waals surface area contributed by atoms with Crippen LogP contribution < -0.4 is 15.4 Å². The molecule has 42 heavy (non-hydrogen) atoms. The van der Waals surface area contributed by atoms with E-state index in [4.69, 9.17) is 21.3 Å². The van der Waals surface area contributed by atoms with E-state index in [9.17, 15) is 9.59 Å². The number of nitrogens with zero attached hydrogens (tertiary/aromatic N) is 4. The lowest BCUT2D eigenvalue weighted by atomic mass is 10.00. The van der Waals surface area contributed by atoms with Gasteiger partial charge in [0.2, 0.25) is 11.8 Å². The third-order valence-electron chi connectivity index (χ3n) is 7.40. The molecule has 10 heteroatoms. The summed E-state index contributed by atoms with van der Waals surface area (Å²) in [5, 5.41) is 15.4. The summed E-state index contributed by atoms with van der Waals surface area (Å²) in [5.74, 6) is 1.91. The van der Waals surface area contributed by atoms with Gasteiger partial charge in [-0.2, -0.15) is 0 Å². The molecule has 0 unspecified atom stereocenters. The molecule has 1 aromatic heterocycles. The van der Waals surface area contributed by atoms with Crippen LogP contribution in [0.3, 0.4) is 0 Å². The molecule has 2 N–H and O–H groups in total. The van der Waals surface area contributed by atoms with Crippen molar-refractivity contribution in [3.05, 3.63) is 94.1 Å². The number of amides is 2. The zero-order valence-electron chi connectivity index (χ0n) is 23.9. The lowest BCUT2D eigenvalue weighted by molar-refractivity contribution is -0.121. The fraction of sp³-hybridized carbons (Fsp3) is 0.344. The Hall–Kier alpha value is -4.24. The molecular weight excluding hydrogens is 552 g/mol. The topological polar surface area (TPSA) is 110 Å². The van der Waals surface area contributed by atoms with Gasteiger partial charge in [-0.1, -0.05) is 42.0 Å². The van der Waals surface area contributed by atoms with Gasteiger partial charge in [-0.3, -0.25) is 19.1 Å². The maximum Gasteiger partial charge on any atom is 0.247 e. The first-order valence-electron chi connectivity index (χ1n) is 14.3. The summed E-state index contributed by atoms with van der Waals surface area (Å²) in [4.78, 5) is 30.4. The molecular formula is C32H35ClN6O3. The van der Waals surface area contributed by atoms with Crippen LogP contribution in [-0.2, 0) is 9.59 Å². The number of halogens is 1. The van der Waals surface area contributed by atoms with Crippen molar-refractivity contribution in [3.8, 4) is 11.4 Å². The van der Waals surface area contributed by atoms with Crippen LogP contribution >= 0.6 is 11.6 Å². The Morgan fingerprint density at radius 2 is 1.83 bits per heavy atom. The second-order valence-corrected chi connectivity index (χ2v) is 10.8. The van der Waals surface area contributed by atoms with Crippen molar-refractivity contribution in [1.29, 1.82) is 0 Å². The van der Waals surface area contributed by atoms with Crippen molar-refractivity contribution in [2.24, 2.45) is 4.99 Å². The molecule has 2 amide bonds. The van der Waals surface area contributed by atoms with Gasteiger partial charge in [0, 0.05) is 34.8 Å². The number of fused-ring (bicyclic) bond motifs is 3. The van der Waals surface area contributed by atoms with Gasteiger partial charge in [-0.25, -0.2) is 0 Å². The summed E-state index contributed by atoms with van der Waals surface area (Å²) >= 11 is 6.18. The largest absolute Gasteiger partial charge is 0.497 e. The molecule has 3 aromatic rings. The summed E-state index contributed by atoms with van der Waals surface area (Å²) in [6.45, 7) is 3.06. The average Bonchev–Trinajstić information content (AvgIpc) is 3.33. The van der Waals surface area contributed by atoms with Gasteiger partial charge in [-0.05, 0) is 69.4 Å². The van der Waals surface area contributed by atoms with E-state index in [-0.39, 0.29) is 18.2 Å². The Kier molecular flexibility index (Phi) is 9.48. The van der Waals surface area contributed by atoms with Crippen LogP contribution in [0, 0.1) is 6.92 Å². The molecule has 2 aliphatic rings. The number of methoxy groups -OCH3 is 1. The zero-order valence-corrected chi connectivity index (χ0v) is 24.7. The maximum absolute atomic E-state index is 13.1. The molecule has 5 rings (SSSR count). The summed E-state index contributed by atoms with van der Waals surface area (Å²) < 4.78 is 7.49. The number of hydrogen-bond acceptors (Lipinski definition) is 6. The van der Waals surface area contributed by atoms with E-state index in [0.29, 0.717) is 35.5 Å². The van der Waals surface area contributed by atoms with Gasteiger partial charge in [-0.15, -0.1) is 10.2 Å². The fourth-order valence-electron chi connectivity index (χ4n) is 5.19. The molecule has 0 saturated carbocycles. The minimum absolute atomic E-state index is 0.0123. The van der Waals surface area contributed by atoms with Crippen LogP contribution in [-0.4, -0.2) is 52.5 Å². The van der Waals surface area contributed by atoms with Crippen LogP contribution in [0.25, 0.3) is 5.69 Å². The van der Waals surface area contributed by atoms with Crippen molar-refractivity contribution < 1.29 is 14.3 Å². The quantitative estimate of drug-likeness (QED) is 0.300. The zero-order chi connectivity index (χ0) is 29.5. The Labute approximate surface area is 250 Å². The molecule has 0 saturated heterocycles. The van der Waals surface area contributed by atoms with Gasteiger partial charge in [0.05, 0.1) is 24.9 Å². The number of unbranched alkanes of at least 4 members (excludes halogenated alkanes) is 2. The minimum atomic E-state index is -0.547. The highest BCUT2D eigenvalue weighted by molar-refractivity contribution is 6.30. The van der Waals surface area contributed by atoms with Crippen LogP contribution in [0.4, 0.5) is 0 Å². The third-order valence-corrected chi connectivity index (χ3v) is 7.65. The molecule has 0 bridgehead atoms. The summed E-state index contributed by atoms with van der Waals surface area (Å²) in [7, 11) is 1.63. The predicted molar refractivity (Wildman–Crippen MR) is 163 cm³/mol. The van der Waals surface area contributed by atoms with Gasteiger partial charge in [0.25, 0.3) is 0 Å². The number of aromatic nitrogens is 3. The number of allylic oxidation sites excluding steroid dienone is 3. The summed E-state index contributed by atoms with van der Waals surface area (Å²) in [6.07, 6.45) is 10.3. The van der Waals surface area contributed by atoms with Gasteiger partial charge in [0.15, 0.2) is 5.82 Å². The predicted octanol–water partition coefficient (Wildman–Crippen LogP) is 5.20. The second-order valence-electron chi connectivity index (χ2n) is 10.4. The molecule has 0 radical (unpaired) electrons. The first-order chi connectivity index (χ1) is 20.4. The van der Waals surface area contributed by atoms with E-state index < -0.39 is 6.04 Å². The minimum Gasteiger partial charge on any atom is -0.497 e. The molecule has 218 valence electrons. The van der Waals surface area contributed by atoms with Crippen molar-refractivity contribution in [1.82, 2.24) is 25.4 Å². The maximum atomic E-state index is 13.1. The SMILES string of the molecule is COc1ccc2c(c1)C(c1ccc(Cl)cc1)=N[C@@H](CC(=O)NCCCCCNC(=O)C1=CC=CCC1)c1nnc(C)n1-2. The molecule has 2 aromatic carbocycles. The van der Waals surface area contributed by atoms with Crippen LogP contribution in [0.1, 0.15) is 67.3 Å². The standard InChI is InChI=1S/C32H35ClN6O3/c1-21-37-38-31-27(20-29(40)34-17-7-4-8-18-35-32(41)23-9-5-3-6-10-23)36-30(22-11-13-24(33)14-12-22)26-19-25(42-2)15-16-28(26)39(21)31/h3,5,9,11-16,19,27H,4,6-8,10,17-18,20H2,1-2H3,(H,34,40)(H,35,41)/t27-/m0/s1. The smallest absolute Gasteiger partial charge is 0.247 e. The lowest BCUT2D eigenvalue weighted by Gasteiger charge is -2.14. The number of ether oxygens (including phenoxy) is 1. The van der Waals surface area contributed by atoms with E-state index in [2.05, 4.69) is 26.9 Å². The molecule has 1 aliphatic heterocycles. The molecule has 1 atom stereocenters. The Morgan fingerprint density at radius 1 is 1.05 bits per heavy atom. The summed E-state index contributed by atoms with van der Waals surface area (Å²) in [5.41, 5.74) is 4.16. The number of benzene rings is 2. The van der Waals surface area contributed by atoms with E-state index >= 15 is 0 Å². The number of carbonyl (C=O) groups is 2. The van der Waals surface area contributed by atoms with Gasteiger partial charge >= 0.3 is 0 Å². The average molecular weight is 587 g/mol. The van der Waals surface area contributed by atoms with Crippen molar-refractivity contribution >= 4 is 29.1 Å². The normalized spacial score (nSPS) is 15.5. The Bertz CT molecular complexity index is 1540. The van der Waals surface area contributed by atoms with E-state index in [0.717, 1.165) is 60.2 Å². The van der Waals surface area contributed by atoms with Crippen molar-refractivity contribution in [2.75, 3.05) is 20.2 Å². The number of aliphatic imine (C=N–C) groups is 1. The molecule has 0 spiro atoms. The van der Waals surface area contributed by atoms with E-state index in [1.807, 2.05) is 66.1 Å². The van der Waals surface area contributed by atoms with Gasteiger partial charge in [0.1, 0.15) is 17.6 Å². The van der Waals surface area contributed by atoms with E-state index in [1.54, 1.807) is 7.11 Å². The first-order valence-corrected chi connectivity index (χ1v) is 14.7. The van der Waals surface area contributed by atoms with Crippen LogP contribution in [0.2, 0.25) is 5.02 Å². The molecule has 9 nitrogen and oxygen atoms in total. The Balaban J connectivity index is 1.24. The van der Waals surface area contributed by atoms with Crippen molar-refractivity contribution in [2.45, 2.75) is 51.5 Å². The number of aryl methyl sites for hydroxylation is 1. The molecule has 0 fully saturated rings. The molecule has 1 aliphatic carbocycles. The second kappa shape index (κ2) is 13.6. The number of carbonyl (C=O) groups excluding carboxylic acids is 2. The highest BCUT2D eigenvalue weighted by atomic mass is 35.5. The fourth-order valence-corrected chi connectivity index (χ4v) is 5.31. The van der Waals surface area contributed by atoms with Gasteiger partial charge < -0.3 is 15.4 Å². The first kappa shape index (κ1) is 29.3.